The summed E-state index contributed by atoms with van der Waals surface area (Å²) < 4.78 is 5.38. The number of halogens is 1. The highest BCUT2D eigenvalue weighted by atomic mass is 35.5. The molecular weight excluding hydrogens is 186 g/mol. The number of hydrogen-bond donors (Lipinski definition) is 1. The fourth-order valence-electron chi connectivity index (χ4n) is 1.38. The third-order valence-corrected chi connectivity index (χ3v) is 1.96. The Kier molecular flexibility index (Phi) is 3.34. The third kappa shape index (κ3) is 1.85. The Balaban J connectivity index is 0.000000845. The van der Waals surface area contributed by atoms with Crippen molar-refractivity contribution < 1.29 is 4.42 Å². The van der Waals surface area contributed by atoms with E-state index in [4.69, 9.17) is 10.2 Å². The number of rotatable bonds is 2. The van der Waals surface area contributed by atoms with E-state index in [1.54, 1.807) is 6.26 Å². The van der Waals surface area contributed by atoms with Gasteiger partial charge in [0, 0.05) is 17.2 Å². The summed E-state index contributed by atoms with van der Waals surface area (Å²) in [7, 11) is 0. The Bertz CT molecular complexity index is 383. The molecule has 0 saturated carbocycles. The van der Waals surface area contributed by atoms with Gasteiger partial charge in [-0.2, -0.15) is 0 Å². The maximum atomic E-state index is 5.45. The highest BCUT2D eigenvalue weighted by Gasteiger charge is 2.02. The first-order valence-corrected chi connectivity index (χ1v) is 4.07. The minimum atomic E-state index is 0. The molecule has 0 aliphatic heterocycles. The molecule has 1 aromatic heterocycles. The van der Waals surface area contributed by atoms with Crippen molar-refractivity contribution in [1.29, 1.82) is 0 Å². The fourth-order valence-corrected chi connectivity index (χ4v) is 1.38. The first-order valence-electron chi connectivity index (χ1n) is 4.07. The maximum absolute atomic E-state index is 5.45. The number of furan rings is 1. The first-order chi connectivity index (χ1) is 5.92. The van der Waals surface area contributed by atoms with Gasteiger partial charge in [-0.3, -0.25) is 0 Å². The third-order valence-electron chi connectivity index (χ3n) is 1.96. The van der Waals surface area contributed by atoms with Crippen molar-refractivity contribution >= 4 is 23.2 Å². The summed E-state index contributed by atoms with van der Waals surface area (Å²) in [4.78, 5) is 0. The molecule has 0 unspecified atom stereocenters. The number of hydrogen-bond acceptors (Lipinski definition) is 2. The Morgan fingerprint density at radius 3 is 2.77 bits per heavy atom. The monoisotopic (exact) mass is 197 g/mol. The molecule has 0 radical (unpaired) electrons. The minimum Gasteiger partial charge on any atom is -0.468 e. The lowest BCUT2D eigenvalue weighted by molar-refractivity contribution is 0.516. The normalized spacial score (nSPS) is 9.92. The van der Waals surface area contributed by atoms with Crippen molar-refractivity contribution in [3.8, 4) is 0 Å². The molecule has 0 aliphatic rings. The van der Waals surface area contributed by atoms with Crippen molar-refractivity contribution in [2.75, 3.05) is 6.54 Å². The van der Waals surface area contributed by atoms with E-state index in [0.29, 0.717) is 6.54 Å². The molecule has 2 rings (SSSR count). The molecule has 0 fully saturated rings. The van der Waals surface area contributed by atoms with Crippen molar-refractivity contribution in [3.63, 3.8) is 0 Å². The van der Waals surface area contributed by atoms with E-state index in [1.165, 1.54) is 5.39 Å². The zero-order valence-corrected chi connectivity index (χ0v) is 8.01. The van der Waals surface area contributed by atoms with Crippen molar-refractivity contribution in [1.82, 2.24) is 0 Å². The molecule has 0 amide bonds. The van der Waals surface area contributed by atoms with E-state index in [1.807, 2.05) is 18.2 Å². The highest BCUT2D eigenvalue weighted by molar-refractivity contribution is 5.85. The van der Waals surface area contributed by atoms with Gasteiger partial charge in [-0.05, 0) is 6.54 Å². The van der Waals surface area contributed by atoms with Crippen molar-refractivity contribution in [2.45, 2.75) is 6.42 Å². The predicted molar refractivity (Wildman–Crippen MR) is 56.2 cm³/mol. The second kappa shape index (κ2) is 4.30. The molecule has 2 N–H and O–H groups in total. The van der Waals surface area contributed by atoms with Crippen LogP contribution in [-0.2, 0) is 6.42 Å². The topological polar surface area (TPSA) is 39.2 Å². The van der Waals surface area contributed by atoms with Crippen LogP contribution in [0.2, 0.25) is 0 Å². The van der Waals surface area contributed by atoms with E-state index in [2.05, 4.69) is 6.07 Å². The number of benzene rings is 1. The molecule has 1 aromatic carbocycles. The van der Waals surface area contributed by atoms with Gasteiger partial charge in [0.1, 0.15) is 5.76 Å². The molecule has 13 heavy (non-hydrogen) atoms. The van der Waals surface area contributed by atoms with Crippen LogP contribution in [0.25, 0.3) is 10.8 Å². The average Bonchev–Trinajstić information content (AvgIpc) is 2.50. The molecule has 0 aliphatic carbocycles. The van der Waals surface area contributed by atoms with Crippen molar-refractivity contribution in [3.05, 3.63) is 36.3 Å². The lowest BCUT2D eigenvalue weighted by atomic mass is 10.1. The van der Waals surface area contributed by atoms with Crippen LogP contribution >= 0.6 is 12.4 Å². The molecule has 70 valence electrons. The van der Waals surface area contributed by atoms with E-state index in [-0.39, 0.29) is 12.4 Å². The van der Waals surface area contributed by atoms with Gasteiger partial charge in [0.2, 0.25) is 0 Å². The summed E-state index contributed by atoms with van der Waals surface area (Å²) >= 11 is 0. The molecule has 0 spiro atoms. The van der Waals surface area contributed by atoms with Gasteiger partial charge in [-0.25, -0.2) is 0 Å². The lowest BCUT2D eigenvalue weighted by Gasteiger charge is -1.92. The van der Waals surface area contributed by atoms with Crippen LogP contribution in [0.4, 0.5) is 0 Å². The van der Waals surface area contributed by atoms with E-state index >= 15 is 0 Å². The number of nitrogens with two attached hydrogens (primary N) is 1. The van der Waals surface area contributed by atoms with Gasteiger partial charge in [0.25, 0.3) is 0 Å². The van der Waals surface area contributed by atoms with Crippen LogP contribution < -0.4 is 5.73 Å². The zero-order chi connectivity index (χ0) is 8.39. The van der Waals surface area contributed by atoms with Gasteiger partial charge in [-0.15, -0.1) is 12.4 Å². The maximum Gasteiger partial charge on any atom is 0.112 e. The molecule has 0 atom stereocenters. The molecular formula is C10H12ClNO. The fraction of sp³-hybridized carbons (Fsp3) is 0.200. The Morgan fingerprint density at radius 1 is 1.23 bits per heavy atom. The van der Waals surface area contributed by atoms with Crippen LogP contribution in [0, 0.1) is 0 Å². The van der Waals surface area contributed by atoms with Gasteiger partial charge in [0.05, 0.1) is 6.26 Å². The lowest BCUT2D eigenvalue weighted by Crippen LogP contribution is -2.01. The quantitative estimate of drug-likeness (QED) is 0.803. The molecule has 2 aromatic rings. The average molecular weight is 198 g/mol. The van der Waals surface area contributed by atoms with E-state index in [9.17, 15) is 0 Å². The summed E-state index contributed by atoms with van der Waals surface area (Å²) in [5.74, 6) is 0.994. The summed E-state index contributed by atoms with van der Waals surface area (Å²) in [6.45, 7) is 0.636. The van der Waals surface area contributed by atoms with E-state index < -0.39 is 0 Å². The standard InChI is InChI=1S/C10H11NO.ClH/c11-6-5-10-9-4-2-1-3-8(9)7-12-10;/h1-4,7H,5-6,11H2;1H. The minimum absolute atomic E-state index is 0. The zero-order valence-electron chi connectivity index (χ0n) is 7.19. The smallest absolute Gasteiger partial charge is 0.112 e. The molecule has 3 heteroatoms. The SMILES string of the molecule is Cl.NCCc1occ2ccccc12. The summed E-state index contributed by atoms with van der Waals surface area (Å²) in [6.07, 6.45) is 2.59. The van der Waals surface area contributed by atoms with Gasteiger partial charge < -0.3 is 10.2 Å². The van der Waals surface area contributed by atoms with Crippen LogP contribution in [-0.4, -0.2) is 6.54 Å². The predicted octanol–water partition coefficient (Wildman–Crippen LogP) is 2.36. The second-order valence-electron chi connectivity index (χ2n) is 2.78. The van der Waals surface area contributed by atoms with Gasteiger partial charge in [-0.1, -0.05) is 24.3 Å². The van der Waals surface area contributed by atoms with Crippen LogP contribution in [0.15, 0.2) is 34.9 Å². The molecule has 0 bridgehead atoms. The largest absolute Gasteiger partial charge is 0.468 e. The molecule has 0 saturated heterocycles. The van der Waals surface area contributed by atoms with Gasteiger partial charge >= 0.3 is 0 Å². The van der Waals surface area contributed by atoms with E-state index in [0.717, 1.165) is 17.6 Å². The van der Waals surface area contributed by atoms with Crippen LogP contribution in [0.5, 0.6) is 0 Å². The Hall–Kier alpha value is -0.990. The Morgan fingerprint density at radius 2 is 2.00 bits per heavy atom. The number of fused-ring (bicyclic) bond motifs is 1. The first kappa shape index (κ1) is 10.1. The van der Waals surface area contributed by atoms with Crippen LogP contribution in [0.3, 0.4) is 0 Å². The van der Waals surface area contributed by atoms with Crippen molar-refractivity contribution in [2.24, 2.45) is 5.73 Å². The molecule has 2 nitrogen and oxygen atoms in total. The summed E-state index contributed by atoms with van der Waals surface area (Å²) in [6, 6.07) is 8.12. The van der Waals surface area contributed by atoms with Crippen LogP contribution in [0.1, 0.15) is 5.76 Å². The molecule has 1 heterocycles. The Labute approximate surface area is 83.1 Å². The summed E-state index contributed by atoms with van der Waals surface area (Å²) in [5, 5.41) is 2.34. The van der Waals surface area contributed by atoms with Gasteiger partial charge in [0.15, 0.2) is 0 Å². The highest BCUT2D eigenvalue weighted by Crippen LogP contribution is 2.20. The second-order valence-corrected chi connectivity index (χ2v) is 2.78. The summed E-state index contributed by atoms with van der Waals surface area (Å²) in [5.41, 5.74) is 5.45.